The summed E-state index contributed by atoms with van der Waals surface area (Å²) in [6, 6.07) is 1.92. The summed E-state index contributed by atoms with van der Waals surface area (Å²) >= 11 is 0. The van der Waals surface area contributed by atoms with E-state index in [4.69, 9.17) is 4.74 Å². The Bertz CT molecular complexity index is 408. The van der Waals surface area contributed by atoms with Crippen LogP contribution in [0.25, 0.3) is 0 Å². The molecule has 1 fully saturated rings. The third-order valence-electron chi connectivity index (χ3n) is 3.73. The van der Waals surface area contributed by atoms with Gasteiger partial charge in [0.15, 0.2) is 0 Å². The van der Waals surface area contributed by atoms with Crippen LogP contribution in [0, 0.1) is 5.92 Å². The summed E-state index contributed by atoms with van der Waals surface area (Å²) in [4.78, 5) is 8.94. The van der Waals surface area contributed by atoms with Gasteiger partial charge in [-0.3, -0.25) is 0 Å². The van der Waals surface area contributed by atoms with Crippen LogP contribution in [0.1, 0.15) is 52.3 Å². The van der Waals surface area contributed by atoms with Crippen molar-refractivity contribution in [2.75, 3.05) is 11.9 Å². The van der Waals surface area contributed by atoms with Gasteiger partial charge in [-0.15, -0.1) is 0 Å². The lowest BCUT2D eigenvalue weighted by Gasteiger charge is -2.29. The van der Waals surface area contributed by atoms with E-state index in [1.165, 1.54) is 19.3 Å². The van der Waals surface area contributed by atoms with Gasteiger partial charge in [-0.25, -0.2) is 4.98 Å². The molecule has 0 saturated heterocycles. The van der Waals surface area contributed by atoms with E-state index >= 15 is 0 Å². The van der Waals surface area contributed by atoms with Crippen LogP contribution in [0.2, 0.25) is 0 Å². The van der Waals surface area contributed by atoms with Crippen LogP contribution in [-0.2, 0) is 6.42 Å². The fourth-order valence-electron chi connectivity index (χ4n) is 2.58. The standard InChI is InChI=1S/C15H25N3O/c1-4-13-17-14(16-5-2)10-15(18-13)19-12-9-7-6-8-11(12)3/h10-12H,4-9H2,1-3H3,(H,16,17,18). The van der Waals surface area contributed by atoms with E-state index in [2.05, 4.69) is 36.1 Å². The van der Waals surface area contributed by atoms with Gasteiger partial charge < -0.3 is 10.1 Å². The van der Waals surface area contributed by atoms with Crippen molar-refractivity contribution >= 4 is 5.82 Å². The summed E-state index contributed by atoms with van der Waals surface area (Å²) in [5.74, 6) is 3.06. The lowest BCUT2D eigenvalue weighted by atomic mass is 9.88. The number of nitrogens with one attached hydrogen (secondary N) is 1. The molecule has 4 nitrogen and oxygen atoms in total. The SMILES string of the molecule is CCNc1cc(OC2CCCCC2C)nc(CC)n1. The van der Waals surface area contributed by atoms with Crippen molar-refractivity contribution in [3.8, 4) is 5.88 Å². The maximum Gasteiger partial charge on any atom is 0.219 e. The van der Waals surface area contributed by atoms with E-state index < -0.39 is 0 Å². The molecule has 2 atom stereocenters. The average Bonchev–Trinajstić information content (AvgIpc) is 2.41. The number of aromatic nitrogens is 2. The minimum absolute atomic E-state index is 0.308. The van der Waals surface area contributed by atoms with Crippen LogP contribution in [0.5, 0.6) is 5.88 Å². The molecule has 0 spiro atoms. The van der Waals surface area contributed by atoms with Gasteiger partial charge in [-0.1, -0.05) is 20.3 Å². The zero-order valence-corrected chi connectivity index (χ0v) is 12.3. The minimum Gasteiger partial charge on any atom is -0.474 e. The highest BCUT2D eigenvalue weighted by molar-refractivity contribution is 5.38. The normalized spacial score (nSPS) is 23.1. The van der Waals surface area contributed by atoms with Gasteiger partial charge in [-0.2, -0.15) is 4.98 Å². The van der Waals surface area contributed by atoms with Crippen LogP contribution in [0.3, 0.4) is 0 Å². The molecule has 0 aromatic carbocycles. The molecular weight excluding hydrogens is 238 g/mol. The molecular formula is C15H25N3O. The molecule has 1 aromatic heterocycles. The van der Waals surface area contributed by atoms with Crippen molar-refractivity contribution in [3.05, 3.63) is 11.9 Å². The Morgan fingerprint density at radius 1 is 1.26 bits per heavy atom. The molecule has 1 aromatic rings. The summed E-state index contributed by atoms with van der Waals surface area (Å²) in [7, 11) is 0. The molecule has 1 heterocycles. The predicted octanol–water partition coefficient (Wildman–Crippen LogP) is 3.43. The van der Waals surface area contributed by atoms with Gasteiger partial charge in [0.2, 0.25) is 5.88 Å². The molecule has 19 heavy (non-hydrogen) atoms. The van der Waals surface area contributed by atoms with E-state index in [0.29, 0.717) is 12.0 Å². The zero-order chi connectivity index (χ0) is 13.7. The van der Waals surface area contributed by atoms with Crippen molar-refractivity contribution < 1.29 is 4.74 Å². The van der Waals surface area contributed by atoms with Crippen molar-refractivity contribution in [3.63, 3.8) is 0 Å². The van der Waals surface area contributed by atoms with Crippen LogP contribution >= 0.6 is 0 Å². The molecule has 1 N–H and O–H groups in total. The first kappa shape index (κ1) is 14.1. The fourth-order valence-corrected chi connectivity index (χ4v) is 2.58. The summed E-state index contributed by atoms with van der Waals surface area (Å²) in [6.07, 6.45) is 6.13. The van der Waals surface area contributed by atoms with E-state index in [1.54, 1.807) is 0 Å². The Morgan fingerprint density at radius 3 is 2.74 bits per heavy atom. The average molecular weight is 263 g/mol. The number of anilines is 1. The Morgan fingerprint density at radius 2 is 2.05 bits per heavy atom. The molecule has 1 aliphatic rings. The Kier molecular flexibility index (Phi) is 5.00. The minimum atomic E-state index is 0.308. The molecule has 1 aliphatic carbocycles. The van der Waals surface area contributed by atoms with E-state index in [-0.39, 0.29) is 0 Å². The summed E-state index contributed by atoms with van der Waals surface area (Å²) < 4.78 is 6.11. The molecule has 106 valence electrons. The Hall–Kier alpha value is -1.32. The molecule has 1 saturated carbocycles. The molecule has 0 aliphatic heterocycles. The van der Waals surface area contributed by atoms with Crippen LogP contribution in [-0.4, -0.2) is 22.6 Å². The largest absolute Gasteiger partial charge is 0.474 e. The van der Waals surface area contributed by atoms with Crippen molar-refractivity contribution in [1.82, 2.24) is 9.97 Å². The third kappa shape index (κ3) is 3.82. The Balaban J connectivity index is 2.11. The summed E-state index contributed by atoms with van der Waals surface area (Å²) in [6.45, 7) is 7.27. The van der Waals surface area contributed by atoms with Crippen LogP contribution < -0.4 is 10.1 Å². The number of hydrogen-bond acceptors (Lipinski definition) is 4. The molecule has 4 heteroatoms. The summed E-state index contributed by atoms with van der Waals surface area (Å²) in [5.41, 5.74) is 0. The van der Waals surface area contributed by atoms with Crippen molar-refractivity contribution in [2.24, 2.45) is 5.92 Å². The van der Waals surface area contributed by atoms with Gasteiger partial charge in [0.1, 0.15) is 17.7 Å². The lowest BCUT2D eigenvalue weighted by molar-refractivity contribution is 0.0972. The number of ether oxygens (including phenoxy) is 1. The van der Waals surface area contributed by atoms with E-state index in [1.807, 2.05) is 6.07 Å². The highest BCUT2D eigenvalue weighted by atomic mass is 16.5. The zero-order valence-electron chi connectivity index (χ0n) is 12.3. The molecule has 0 radical (unpaired) electrons. The summed E-state index contributed by atoms with van der Waals surface area (Å²) in [5, 5.41) is 3.24. The van der Waals surface area contributed by atoms with Gasteiger partial charge in [0.25, 0.3) is 0 Å². The smallest absolute Gasteiger partial charge is 0.219 e. The first-order valence-electron chi connectivity index (χ1n) is 7.51. The van der Waals surface area contributed by atoms with Gasteiger partial charge in [0, 0.05) is 19.0 Å². The monoisotopic (exact) mass is 263 g/mol. The van der Waals surface area contributed by atoms with Gasteiger partial charge >= 0.3 is 0 Å². The topological polar surface area (TPSA) is 47.0 Å². The van der Waals surface area contributed by atoms with Gasteiger partial charge in [0.05, 0.1) is 0 Å². The Labute approximate surface area is 116 Å². The number of nitrogens with zero attached hydrogens (tertiary/aromatic N) is 2. The first-order chi connectivity index (χ1) is 9.22. The lowest BCUT2D eigenvalue weighted by Crippen LogP contribution is -2.28. The van der Waals surface area contributed by atoms with E-state index in [0.717, 1.165) is 36.9 Å². The molecule has 0 amide bonds. The van der Waals surface area contributed by atoms with Gasteiger partial charge in [-0.05, 0) is 32.1 Å². The maximum atomic E-state index is 6.11. The highest BCUT2D eigenvalue weighted by Gasteiger charge is 2.23. The third-order valence-corrected chi connectivity index (χ3v) is 3.73. The highest BCUT2D eigenvalue weighted by Crippen LogP contribution is 2.28. The first-order valence-corrected chi connectivity index (χ1v) is 7.51. The fraction of sp³-hybridized carbons (Fsp3) is 0.733. The van der Waals surface area contributed by atoms with Crippen LogP contribution in [0.15, 0.2) is 6.07 Å². The van der Waals surface area contributed by atoms with Crippen LogP contribution in [0.4, 0.5) is 5.82 Å². The second-order valence-corrected chi connectivity index (χ2v) is 5.31. The predicted molar refractivity (Wildman–Crippen MR) is 77.6 cm³/mol. The number of hydrogen-bond donors (Lipinski definition) is 1. The molecule has 0 bridgehead atoms. The second-order valence-electron chi connectivity index (χ2n) is 5.31. The molecule has 2 rings (SSSR count). The van der Waals surface area contributed by atoms with Crippen molar-refractivity contribution in [2.45, 2.75) is 59.0 Å². The second kappa shape index (κ2) is 6.73. The van der Waals surface area contributed by atoms with E-state index in [9.17, 15) is 0 Å². The molecule has 2 unspecified atom stereocenters. The quantitative estimate of drug-likeness (QED) is 0.884. The number of rotatable bonds is 5. The number of aryl methyl sites for hydroxylation is 1. The maximum absolute atomic E-state index is 6.11. The van der Waals surface area contributed by atoms with Crippen molar-refractivity contribution in [1.29, 1.82) is 0 Å².